The normalized spacial score (nSPS) is 20.9. The summed E-state index contributed by atoms with van der Waals surface area (Å²) in [6, 6.07) is 2.08. The van der Waals surface area contributed by atoms with Crippen LogP contribution in [0.3, 0.4) is 0 Å². The van der Waals surface area contributed by atoms with Gasteiger partial charge in [0.15, 0.2) is 0 Å². The van der Waals surface area contributed by atoms with Crippen LogP contribution in [0, 0.1) is 17.3 Å². The lowest BCUT2D eigenvalue weighted by molar-refractivity contribution is 0.0906. The Balaban J connectivity index is 2.03. The van der Waals surface area contributed by atoms with Crippen molar-refractivity contribution < 1.29 is 9.90 Å². The van der Waals surface area contributed by atoms with Crippen LogP contribution in [0.2, 0.25) is 0 Å². The van der Waals surface area contributed by atoms with Gasteiger partial charge in [0.25, 0.3) is 5.91 Å². The van der Waals surface area contributed by atoms with Crippen LogP contribution in [-0.4, -0.2) is 23.7 Å². The van der Waals surface area contributed by atoms with Gasteiger partial charge in [-0.1, -0.05) is 32.1 Å². The summed E-state index contributed by atoms with van der Waals surface area (Å²) in [7, 11) is 0. The lowest BCUT2D eigenvalue weighted by atomic mass is 9.75. The fourth-order valence-corrected chi connectivity index (χ4v) is 3.54. The summed E-state index contributed by atoms with van der Waals surface area (Å²) >= 11 is 1.40. The molecule has 1 aromatic heterocycles. The number of hydrogen-bond acceptors (Lipinski definition) is 3. The van der Waals surface area contributed by atoms with Gasteiger partial charge in [0.2, 0.25) is 0 Å². The molecule has 1 unspecified atom stereocenters. The number of carbonyl (C=O) groups excluding carboxylic acids is 1. The molecule has 20 heavy (non-hydrogen) atoms. The summed E-state index contributed by atoms with van der Waals surface area (Å²) < 4.78 is 0. The van der Waals surface area contributed by atoms with Crippen molar-refractivity contribution >= 4 is 17.2 Å². The fourth-order valence-electron chi connectivity index (χ4n) is 2.79. The van der Waals surface area contributed by atoms with Gasteiger partial charge in [0, 0.05) is 11.6 Å². The van der Waals surface area contributed by atoms with E-state index in [0.29, 0.717) is 15.9 Å². The van der Waals surface area contributed by atoms with Crippen LogP contribution in [0.1, 0.15) is 54.8 Å². The quantitative estimate of drug-likeness (QED) is 0.823. The SMILES string of the molecule is CC1(C)CCCC(NC(=O)c2sccc2C#CCO)C1. The molecule has 0 spiro atoms. The first-order valence-corrected chi connectivity index (χ1v) is 7.88. The van der Waals surface area contributed by atoms with Gasteiger partial charge >= 0.3 is 0 Å². The summed E-state index contributed by atoms with van der Waals surface area (Å²) in [5.41, 5.74) is 1.02. The maximum absolute atomic E-state index is 12.3. The average molecular weight is 291 g/mol. The lowest BCUT2D eigenvalue weighted by Crippen LogP contribution is -2.40. The topological polar surface area (TPSA) is 49.3 Å². The third kappa shape index (κ3) is 3.84. The predicted molar refractivity (Wildman–Crippen MR) is 81.8 cm³/mol. The van der Waals surface area contributed by atoms with Crippen molar-refractivity contribution in [2.45, 2.75) is 45.6 Å². The standard InChI is InChI=1S/C16H21NO2S/c1-16(2)8-3-6-13(11-16)17-15(19)14-12(5-4-9-18)7-10-20-14/h7,10,13,18H,3,6,8-9,11H2,1-2H3,(H,17,19). The highest BCUT2D eigenvalue weighted by Crippen LogP contribution is 2.35. The average Bonchev–Trinajstić information content (AvgIpc) is 2.83. The molecule has 3 nitrogen and oxygen atoms in total. The number of rotatable bonds is 2. The number of thiophene rings is 1. The smallest absolute Gasteiger partial charge is 0.262 e. The van der Waals surface area contributed by atoms with Gasteiger partial charge in [0.05, 0.1) is 0 Å². The second-order valence-corrected chi connectivity index (χ2v) is 6.97. The summed E-state index contributed by atoms with van der Waals surface area (Å²) in [6.07, 6.45) is 4.48. The van der Waals surface area contributed by atoms with Crippen LogP contribution in [-0.2, 0) is 0 Å². The van der Waals surface area contributed by atoms with E-state index >= 15 is 0 Å². The van der Waals surface area contributed by atoms with Crippen molar-refractivity contribution in [2.75, 3.05) is 6.61 Å². The highest BCUT2D eigenvalue weighted by Gasteiger charge is 2.29. The molecule has 0 radical (unpaired) electrons. The molecule has 1 aromatic rings. The predicted octanol–water partition coefficient (Wildman–Crippen LogP) is 2.79. The zero-order chi connectivity index (χ0) is 14.6. The Hall–Kier alpha value is -1.31. The molecular formula is C16H21NO2S. The fraction of sp³-hybridized carbons (Fsp3) is 0.562. The van der Waals surface area contributed by atoms with E-state index in [1.54, 1.807) is 0 Å². The van der Waals surface area contributed by atoms with Crippen LogP contribution in [0.5, 0.6) is 0 Å². The van der Waals surface area contributed by atoms with Gasteiger partial charge in [0.1, 0.15) is 11.5 Å². The minimum absolute atomic E-state index is 0.0371. The van der Waals surface area contributed by atoms with Crippen LogP contribution in [0.4, 0.5) is 0 Å². The molecule has 1 fully saturated rings. The third-order valence-electron chi connectivity index (χ3n) is 3.71. The van der Waals surface area contributed by atoms with E-state index in [-0.39, 0.29) is 18.6 Å². The molecule has 0 aliphatic heterocycles. The Morgan fingerprint density at radius 2 is 2.40 bits per heavy atom. The van der Waals surface area contributed by atoms with E-state index in [1.165, 1.54) is 24.2 Å². The largest absolute Gasteiger partial charge is 0.384 e. The minimum atomic E-state index is -0.187. The van der Waals surface area contributed by atoms with E-state index in [4.69, 9.17) is 5.11 Å². The summed E-state index contributed by atoms with van der Waals surface area (Å²) in [6.45, 7) is 4.33. The molecule has 0 saturated heterocycles. The molecular weight excluding hydrogens is 270 g/mol. The van der Waals surface area contributed by atoms with Crippen molar-refractivity contribution in [1.29, 1.82) is 0 Å². The summed E-state index contributed by atoms with van der Waals surface area (Å²) in [5.74, 6) is 5.38. The molecule has 0 bridgehead atoms. The zero-order valence-electron chi connectivity index (χ0n) is 12.0. The first-order chi connectivity index (χ1) is 9.52. The number of nitrogens with one attached hydrogen (secondary N) is 1. The Morgan fingerprint density at radius 3 is 3.10 bits per heavy atom. The van der Waals surface area contributed by atoms with Crippen molar-refractivity contribution in [3.8, 4) is 11.8 Å². The van der Waals surface area contributed by atoms with Gasteiger partial charge in [-0.3, -0.25) is 4.79 Å². The Bertz CT molecular complexity index is 536. The van der Waals surface area contributed by atoms with E-state index in [0.717, 1.165) is 12.8 Å². The first kappa shape index (κ1) is 15.1. The van der Waals surface area contributed by atoms with Crippen molar-refractivity contribution in [3.63, 3.8) is 0 Å². The van der Waals surface area contributed by atoms with Crippen molar-refractivity contribution in [2.24, 2.45) is 5.41 Å². The molecule has 1 heterocycles. The van der Waals surface area contributed by atoms with Gasteiger partial charge in [-0.15, -0.1) is 11.3 Å². The first-order valence-electron chi connectivity index (χ1n) is 7.00. The Morgan fingerprint density at radius 1 is 1.60 bits per heavy atom. The molecule has 1 amide bonds. The molecule has 2 N–H and O–H groups in total. The Labute approximate surface area is 124 Å². The monoisotopic (exact) mass is 291 g/mol. The van der Waals surface area contributed by atoms with Crippen LogP contribution >= 0.6 is 11.3 Å². The number of hydrogen-bond donors (Lipinski definition) is 2. The molecule has 1 atom stereocenters. The van der Waals surface area contributed by atoms with Crippen molar-refractivity contribution in [3.05, 3.63) is 21.9 Å². The molecule has 1 aliphatic carbocycles. The number of carbonyl (C=O) groups is 1. The van der Waals surface area contributed by atoms with Gasteiger partial charge in [-0.25, -0.2) is 0 Å². The summed E-state index contributed by atoms with van der Waals surface area (Å²) in [4.78, 5) is 13.0. The van der Waals surface area contributed by atoms with Gasteiger partial charge < -0.3 is 10.4 Å². The second-order valence-electron chi connectivity index (χ2n) is 6.05. The molecule has 108 valence electrons. The van der Waals surface area contributed by atoms with Crippen LogP contribution in [0.25, 0.3) is 0 Å². The highest BCUT2D eigenvalue weighted by atomic mass is 32.1. The van der Waals surface area contributed by atoms with Gasteiger partial charge in [-0.2, -0.15) is 0 Å². The molecule has 1 aliphatic rings. The maximum atomic E-state index is 12.3. The number of amides is 1. The van der Waals surface area contributed by atoms with Crippen LogP contribution < -0.4 is 5.32 Å². The minimum Gasteiger partial charge on any atom is -0.384 e. The second kappa shape index (κ2) is 6.43. The maximum Gasteiger partial charge on any atom is 0.262 e. The Kier molecular flexibility index (Phi) is 4.85. The zero-order valence-corrected chi connectivity index (χ0v) is 12.8. The summed E-state index contributed by atoms with van der Waals surface area (Å²) in [5, 5.41) is 13.7. The van der Waals surface area contributed by atoms with E-state index < -0.39 is 0 Å². The van der Waals surface area contributed by atoms with Crippen LogP contribution in [0.15, 0.2) is 11.4 Å². The molecule has 0 aromatic carbocycles. The molecule has 4 heteroatoms. The lowest BCUT2D eigenvalue weighted by Gasteiger charge is -2.35. The van der Waals surface area contributed by atoms with Crippen molar-refractivity contribution in [1.82, 2.24) is 5.32 Å². The number of aliphatic hydroxyl groups excluding tert-OH is 1. The van der Waals surface area contributed by atoms with E-state index in [2.05, 4.69) is 31.0 Å². The highest BCUT2D eigenvalue weighted by molar-refractivity contribution is 7.12. The van der Waals surface area contributed by atoms with Gasteiger partial charge in [-0.05, 0) is 36.1 Å². The molecule has 2 rings (SSSR count). The molecule has 1 saturated carbocycles. The number of aliphatic hydroxyl groups is 1. The van der Waals surface area contributed by atoms with E-state index in [1.807, 2.05) is 11.4 Å². The van der Waals surface area contributed by atoms with E-state index in [9.17, 15) is 4.79 Å². The third-order valence-corrected chi connectivity index (χ3v) is 4.63.